The van der Waals surface area contributed by atoms with Gasteiger partial charge in [0, 0.05) is 38.6 Å². The molecule has 0 atom stereocenters. The van der Waals surface area contributed by atoms with E-state index in [0.29, 0.717) is 0 Å². The van der Waals surface area contributed by atoms with Crippen LogP contribution in [-0.2, 0) is 6.54 Å². The second-order valence-corrected chi connectivity index (χ2v) is 4.42. The molecule has 1 saturated heterocycles. The molecular weight excluding hydrogens is 228 g/mol. The standard InChI is InChI=1S/C13H16N4O/c1-2-13(11-7-15-10-16-8-11)18-12(1)9-17-5-3-14-4-6-17/h1-2,7-8,10,14H,3-6,9H2. The molecule has 0 aromatic carbocycles. The highest BCUT2D eigenvalue weighted by Crippen LogP contribution is 2.21. The number of piperazine rings is 1. The van der Waals surface area contributed by atoms with E-state index in [0.717, 1.165) is 49.8 Å². The van der Waals surface area contributed by atoms with Crippen LogP contribution in [0, 0.1) is 0 Å². The number of nitrogens with one attached hydrogen (secondary N) is 1. The monoisotopic (exact) mass is 244 g/mol. The molecule has 1 aliphatic rings. The fraction of sp³-hybridized carbons (Fsp3) is 0.385. The summed E-state index contributed by atoms with van der Waals surface area (Å²) in [4.78, 5) is 10.4. The Balaban J connectivity index is 1.69. The topological polar surface area (TPSA) is 54.2 Å². The lowest BCUT2D eigenvalue weighted by Gasteiger charge is -2.26. The first kappa shape index (κ1) is 11.4. The van der Waals surface area contributed by atoms with E-state index < -0.39 is 0 Å². The quantitative estimate of drug-likeness (QED) is 0.877. The Labute approximate surface area is 106 Å². The fourth-order valence-electron chi connectivity index (χ4n) is 2.13. The molecule has 0 amide bonds. The summed E-state index contributed by atoms with van der Waals surface area (Å²) in [5.74, 6) is 1.83. The van der Waals surface area contributed by atoms with E-state index in [1.807, 2.05) is 12.1 Å². The van der Waals surface area contributed by atoms with Gasteiger partial charge in [0.05, 0.1) is 12.1 Å². The van der Waals surface area contributed by atoms with Crippen LogP contribution in [0.5, 0.6) is 0 Å². The van der Waals surface area contributed by atoms with E-state index >= 15 is 0 Å². The lowest BCUT2D eigenvalue weighted by Crippen LogP contribution is -2.42. The van der Waals surface area contributed by atoms with Gasteiger partial charge >= 0.3 is 0 Å². The van der Waals surface area contributed by atoms with Crippen molar-refractivity contribution in [3.63, 3.8) is 0 Å². The summed E-state index contributed by atoms with van der Waals surface area (Å²) in [5.41, 5.74) is 0.920. The van der Waals surface area contributed by atoms with Crippen LogP contribution in [0.25, 0.3) is 11.3 Å². The molecule has 94 valence electrons. The minimum Gasteiger partial charge on any atom is -0.460 e. The molecular formula is C13H16N4O. The minimum absolute atomic E-state index is 0.834. The first-order valence-electron chi connectivity index (χ1n) is 6.19. The van der Waals surface area contributed by atoms with Gasteiger partial charge in [-0.1, -0.05) is 0 Å². The average molecular weight is 244 g/mol. The zero-order chi connectivity index (χ0) is 12.2. The van der Waals surface area contributed by atoms with Gasteiger partial charge in [0.1, 0.15) is 17.8 Å². The van der Waals surface area contributed by atoms with Gasteiger partial charge in [-0.15, -0.1) is 0 Å². The number of furan rings is 1. The molecule has 0 radical (unpaired) electrons. The van der Waals surface area contributed by atoms with Gasteiger partial charge in [-0.3, -0.25) is 4.90 Å². The summed E-state index contributed by atoms with van der Waals surface area (Å²) in [6.07, 6.45) is 5.05. The largest absolute Gasteiger partial charge is 0.460 e. The number of hydrogen-bond donors (Lipinski definition) is 1. The summed E-state index contributed by atoms with van der Waals surface area (Å²) in [7, 11) is 0. The summed E-state index contributed by atoms with van der Waals surface area (Å²) in [6, 6.07) is 4.01. The van der Waals surface area contributed by atoms with Gasteiger partial charge in [-0.05, 0) is 12.1 Å². The summed E-state index contributed by atoms with van der Waals surface area (Å²) in [6.45, 7) is 5.13. The van der Waals surface area contributed by atoms with Crippen LogP contribution in [0.1, 0.15) is 5.76 Å². The van der Waals surface area contributed by atoms with Crippen LogP contribution in [0.15, 0.2) is 35.3 Å². The molecule has 18 heavy (non-hydrogen) atoms. The van der Waals surface area contributed by atoms with Gasteiger partial charge in [0.25, 0.3) is 0 Å². The number of hydrogen-bond acceptors (Lipinski definition) is 5. The molecule has 5 heteroatoms. The van der Waals surface area contributed by atoms with Crippen molar-refractivity contribution in [1.82, 2.24) is 20.2 Å². The maximum absolute atomic E-state index is 5.83. The average Bonchev–Trinajstić information content (AvgIpc) is 2.89. The van der Waals surface area contributed by atoms with Crippen molar-refractivity contribution in [3.05, 3.63) is 36.6 Å². The molecule has 3 rings (SSSR count). The Bertz CT molecular complexity index is 491. The maximum Gasteiger partial charge on any atom is 0.137 e. The molecule has 3 heterocycles. The Morgan fingerprint density at radius 3 is 2.72 bits per heavy atom. The lowest BCUT2D eigenvalue weighted by molar-refractivity contribution is 0.217. The van der Waals surface area contributed by atoms with Crippen LogP contribution in [0.3, 0.4) is 0 Å². The molecule has 0 spiro atoms. The Morgan fingerprint density at radius 1 is 1.17 bits per heavy atom. The Hall–Kier alpha value is -1.72. The van der Waals surface area contributed by atoms with Gasteiger partial charge in [0.2, 0.25) is 0 Å². The third-order valence-corrected chi connectivity index (χ3v) is 3.10. The van der Waals surface area contributed by atoms with Gasteiger partial charge in [-0.25, -0.2) is 9.97 Å². The van der Waals surface area contributed by atoms with Crippen molar-refractivity contribution in [2.24, 2.45) is 0 Å². The smallest absolute Gasteiger partial charge is 0.137 e. The molecule has 0 unspecified atom stereocenters. The van der Waals surface area contributed by atoms with Crippen molar-refractivity contribution in [2.75, 3.05) is 26.2 Å². The van der Waals surface area contributed by atoms with Crippen molar-refractivity contribution < 1.29 is 4.42 Å². The van der Waals surface area contributed by atoms with Crippen LogP contribution in [0.2, 0.25) is 0 Å². The number of nitrogens with zero attached hydrogens (tertiary/aromatic N) is 3. The Kier molecular flexibility index (Phi) is 3.34. The molecule has 2 aromatic rings. The van der Waals surface area contributed by atoms with E-state index in [1.54, 1.807) is 12.4 Å². The van der Waals surface area contributed by atoms with E-state index in [9.17, 15) is 0 Å². The first-order chi connectivity index (χ1) is 8.92. The van der Waals surface area contributed by atoms with Gasteiger partial charge in [-0.2, -0.15) is 0 Å². The lowest BCUT2D eigenvalue weighted by atomic mass is 10.3. The molecule has 1 aliphatic heterocycles. The van der Waals surface area contributed by atoms with Crippen molar-refractivity contribution in [3.8, 4) is 11.3 Å². The highest BCUT2D eigenvalue weighted by Gasteiger charge is 2.12. The predicted molar refractivity (Wildman–Crippen MR) is 67.9 cm³/mol. The molecule has 0 saturated carbocycles. The van der Waals surface area contributed by atoms with E-state index in [2.05, 4.69) is 20.2 Å². The van der Waals surface area contributed by atoms with E-state index in [4.69, 9.17) is 4.42 Å². The maximum atomic E-state index is 5.83. The zero-order valence-electron chi connectivity index (χ0n) is 10.2. The minimum atomic E-state index is 0.834. The summed E-state index contributed by atoms with van der Waals surface area (Å²) in [5, 5.41) is 3.34. The zero-order valence-corrected chi connectivity index (χ0v) is 10.2. The molecule has 0 aliphatic carbocycles. The first-order valence-corrected chi connectivity index (χ1v) is 6.19. The second-order valence-electron chi connectivity index (χ2n) is 4.42. The molecule has 2 aromatic heterocycles. The molecule has 5 nitrogen and oxygen atoms in total. The van der Waals surface area contributed by atoms with Crippen molar-refractivity contribution >= 4 is 0 Å². The van der Waals surface area contributed by atoms with Gasteiger partial charge in [0.15, 0.2) is 0 Å². The van der Waals surface area contributed by atoms with Crippen molar-refractivity contribution in [1.29, 1.82) is 0 Å². The third-order valence-electron chi connectivity index (χ3n) is 3.10. The van der Waals surface area contributed by atoms with Crippen LogP contribution < -0.4 is 5.32 Å². The van der Waals surface area contributed by atoms with Crippen molar-refractivity contribution in [2.45, 2.75) is 6.54 Å². The van der Waals surface area contributed by atoms with Crippen LogP contribution in [-0.4, -0.2) is 41.0 Å². The second kappa shape index (κ2) is 5.29. The van der Waals surface area contributed by atoms with E-state index in [-0.39, 0.29) is 0 Å². The molecule has 1 N–H and O–H groups in total. The highest BCUT2D eigenvalue weighted by molar-refractivity contribution is 5.54. The van der Waals surface area contributed by atoms with E-state index in [1.165, 1.54) is 6.33 Å². The Morgan fingerprint density at radius 2 is 1.94 bits per heavy atom. The summed E-state index contributed by atoms with van der Waals surface area (Å²) < 4.78 is 5.83. The molecule has 0 bridgehead atoms. The molecule has 1 fully saturated rings. The number of aromatic nitrogens is 2. The number of rotatable bonds is 3. The third kappa shape index (κ3) is 2.57. The highest BCUT2D eigenvalue weighted by atomic mass is 16.3. The normalized spacial score (nSPS) is 16.9. The van der Waals surface area contributed by atoms with Crippen LogP contribution >= 0.6 is 0 Å². The van der Waals surface area contributed by atoms with Crippen LogP contribution in [0.4, 0.5) is 0 Å². The van der Waals surface area contributed by atoms with Gasteiger partial charge < -0.3 is 9.73 Å². The fourth-order valence-corrected chi connectivity index (χ4v) is 2.13. The summed E-state index contributed by atoms with van der Waals surface area (Å²) >= 11 is 0. The predicted octanol–water partition coefficient (Wildman–Crippen LogP) is 1.14. The SMILES string of the molecule is c1ncc(-c2ccc(CN3CCNCC3)o2)cn1.